The van der Waals surface area contributed by atoms with E-state index in [9.17, 15) is 14.7 Å². The van der Waals surface area contributed by atoms with E-state index in [1.165, 1.54) is 0 Å². The van der Waals surface area contributed by atoms with Gasteiger partial charge in [-0.15, -0.1) is 0 Å². The van der Waals surface area contributed by atoms with Crippen molar-refractivity contribution in [2.24, 2.45) is 17.3 Å². The predicted octanol–water partition coefficient (Wildman–Crippen LogP) is 2.70. The van der Waals surface area contributed by atoms with Gasteiger partial charge >= 0.3 is 11.9 Å². The van der Waals surface area contributed by atoms with Gasteiger partial charge in [0.05, 0.1) is 12.0 Å². The van der Waals surface area contributed by atoms with Crippen molar-refractivity contribution in [2.75, 3.05) is 0 Å². The molecule has 6 atom stereocenters. The predicted molar refractivity (Wildman–Crippen MR) is 92.4 cm³/mol. The van der Waals surface area contributed by atoms with E-state index in [0.717, 1.165) is 5.57 Å². The van der Waals surface area contributed by atoms with E-state index < -0.39 is 35.7 Å². The molecule has 3 aliphatic rings. The molecule has 0 aromatic carbocycles. The third kappa shape index (κ3) is 2.65. The van der Waals surface area contributed by atoms with Crippen molar-refractivity contribution in [3.8, 4) is 0 Å². The fourth-order valence-corrected chi connectivity index (χ4v) is 4.69. The van der Waals surface area contributed by atoms with Crippen molar-refractivity contribution in [1.29, 1.82) is 0 Å². The Kier molecular flexibility index (Phi) is 4.40. The van der Waals surface area contributed by atoms with Crippen molar-refractivity contribution in [3.63, 3.8) is 0 Å². The van der Waals surface area contributed by atoms with Gasteiger partial charge in [0, 0.05) is 22.5 Å². The fraction of sp³-hybridized carbons (Fsp3) is 0.600. The molecule has 5 heteroatoms. The van der Waals surface area contributed by atoms with E-state index in [2.05, 4.69) is 13.2 Å². The Morgan fingerprint density at radius 3 is 2.76 bits per heavy atom. The number of carbonyl (C=O) groups is 2. The van der Waals surface area contributed by atoms with E-state index in [-0.39, 0.29) is 11.8 Å². The van der Waals surface area contributed by atoms with E-state index >= 15 is 0 Å². The Morgan fingerprint density at radius 1 is 1.44 bits per heavy atom. The van der Waals surface area contributed by atoms with E-state index in [1.807, 2.05) is 6.92 Å². The lowest BCUT2D eigenvalue weighted by Gasteiger charge is -2.54. The Hall–Kier alpha value is -1.88. The summed E-state index contributed by atoms with van der Waals surface area (Å²) in [6, 6.07) is 0. The first-order chi connectivity index (χ1) is 11.7. The molecule has 136 valence electrons. The largest absolute Gasteiger partial charge is 0.458 e. The lowest BCUT2D eigenvalue weighted by molar-refractivity contribution is -0.175. The second-order valence-electron chi connectivity index (χ2n) is 7.74. The molecule has 1 aliphatic heterocycles. The summed E-state index contributed by atoms with van der Waals surface area (Å²) in [6.45, 7) is 13.5. The number of hydrogen-bond donors (Lipinski definition) is 1. The summed E-state index contributed by atoms with van der Waals surface area (Å²) in [6.07, 6.45) is 1.88. The molecule has 2 saturated carbocycles. The Labute approximate surface area is 148 Å². The van der Waals surface area contributed by atoms with E-state index in [4.69, 9.17) is 9.47 Å². The maximum absolute atomic E-state index is 12.3. The fourth-order valence-electron chi connectivity index (χ4n) is 4.69. The van der Waals surface area contributed by atoms with E-state index in [0.29, 0.717) is 30.4 Å². The minimum Gasteiger partial charge on any atom is -0.458 e. The van der Waals surface area contributed by atoms with Crippen LogP contribution < -0.4 is 0 Å². The molecule has 0 radical (unpaired) electrons. The minimum absolute atomic E-state index is 0.151. The van der Waals surface area contributed by atoms with Gasteiger partial charge in [-0.3, -0.25) is 0 Å². The molecule has 1 saturated heterocycles. The van der Waals surface area contributed by atoms with Gasteiger partial charge in [-0.1, -0.05) is 31.7 Å². The monoisotopic (exact) mass is 346 g/mol. The molecule has 3 fully saturated rings. The molecule has 5 nitrogen and oxygen atoms in total. The van der Waals surface area contributed by atoms with Crippen LogP contribution in [-0.4, -0.2) is 35.4 Å². The van der Waals surface area contributed by atoms with Crippen molar-refractivity contribution in [1.82, 2.24) is 0 Å². The standard InChI is InChI=1S/C20H26O5/c1-6-10(2)18(22)24-13-9-20(5)14(21)8-7-11(3)16(20)17-15(13)12(4)19(23)25-17/h6,13-17,21H,3-4,7-9H2,1-2,5H3/b10-6+/t13-,14+,15+,16+,17-,20-/m0/s1. The Bertz CT molecular complexity index is 676. The smallest absolute Gasteiger partial charge is 0.334 e. The average Bonchev–Trinajstić information content (AvgIpc) is 2.85. The van der Waals surface area contributed by atoms with Gasteiger partial charge in [-0.2, -0.15) is 0 Å². The van der Waals surface area contributed by atoms with Crippen LogP contribution in [-0.2, 0) is 19.1 Å². The molecule has 0 spiro atoms. The Morgan fingerprint density at radius 2 is 2.12 bits per heavy atom. The quantitative estimate of drug-likeness (QED) is 0.473. The van der Waals surface area contributed by atoms with Gasteiger partial charge in [0.15, 0.2) is 0 Å². The normalized spacial score (nSPS) is 41.0. The molecule has 0 aromatic rings. The number of aliphatic hydroxyl groups excluding tert-OH is 1. The van der Waals surface area contributed by atoms with Gasteiger partial charge in [-0.25, -0.2) is 9.59 Å². The van der Waals surface area contributed by atoms with Crippen LogP contribution in [0.5, 0.6) is 0 Å². The van der Waals surface area contributed by atoms with Crippen molar-refractivity contribution >= 4 is 11.9 Å². The zero-order valence-electron chi connectivity index (χ0n) is 15.1. The number of rotatable bonds is 2. The highest BCUT2D eigenvalue weighted by Gasteiger charge is 2.62. The third-order valence-electron chi connectivity index (χ3n) is 6.30. The number of carbonyl (C=O) groups excluding carboxylic acids is 2. The van der Waals surface area contributed by atoms with Gasteiger partial charge in [-0.05, 0) is 33.1 Å². The summed E-state index contributed by atoms with van der Waals surface area (Å²) < 4.78 is 11.3. The molecule has 2 aliphatic carbocycles. The molecule has 1 heterocycles. The number of fused-ring (bicyclic) bond motifs is 3. The molecular formula is C20H26O5. The second kappa shape index (κ2) is 6.13. The van der Waals surface area contributed by atoms with Crippen LogP contribution in [0.4, 0.5) is 0 Å². The highest BCUT2D eigenvalue weighted by Crippen LogP contribution is 2.57. The SMILES string of the molecule is C=C1C(=O)O[C@H]2[C@H]1[C@@H](OC(=O)/C(C)=C/C)C[C@@]1(C)[C@H](O)CCC(=C)[C@H]21. The third-order valence-corrected chi connectivity index (χ3v) is 6.30. The highest BCUT2D eigenvalue weighted by atomic mass is 16.6. The van der Waals surface area contributed by atoms with Gasteiger partial charge in [0.25, 0.3) is 0 Å². The summed E-state index contributed by atoms with van der Waals surface area (Å²) >= 11 is 0. The maximum Gasteiger partial charge on any atom is 0.334 e. The maximum atomic E-state index is 12.3. The molecule has 0 unspecified atom stereocenters. The van der Waals surface area contributed by atoms with Crippen LogP contribution in [0.3, 0.4) is 0 Å². The summed E-state index contributed by atoms with van der Waals surface area (Å²) in [4.78, 5) is 24.5. The zero-order valence-corrected chi connectivity index (χ0v) is 15.1. The first-order valence-electron chi connectivity index (χ1n) is 8.80. The number of hydrogen-bond acceptors (Lipinski definition) is 5. The summed E-state index contributed by atoms with van der Waals surface area (Å²) in [5.74, 6) is -1.40. The highest BCUT2D eigenvalue weighted by molar-refractivity contribution is 5.92. The number of esters is 2. The van der Waals surface area contributed by atoms with Gasteiger partial charge < -0.3 is 14.6 Å². The summed E-state index contributed by atoms with van der Waals surface area (Å²) in [5.41, 5.74) is 1.29. The molecule has 25 heavy (non-hydrogen) atoms. The zero-order chi connectivity index (χ0) is 18.5. The number of allylic oxidation sites excluding steroid dienone is 1. The van der Waals surface area contributed by atoms with Crippen LogP contribution in [0.2, 0.25) is 0 Å². The van der Waals surface area contributed by atoms with Crippen LogP contribution in [0.25, 0.3) is 0 Å². The molecule has 0 bridgehead atoms. The lowest BCUT2D eigenvalue weighted by Crippen LogP contribution is -2.58. The second-order valence-corrected chi connectivity index (χ2v) is 7.74. The molecule has 1 N–H and O–H groups in total. The minimum atomic E-state index is -0.555. The molecule has 0 aromatic heterocycles. The lowest BCUT2D eigenvalue weighted by atomic mass is 9.53. The van der Waals surface area contributed by atoms with Crippen LogP contribution >= 0.6 is 0 Å². The summed E-state index contributed by atoms with van der Waals surface area (Å²) in [7, 11) is 0. The number of ether oxygens (including phenoxy) is 2. The first kappa shape index (κ1) is 17.9. The van der Waals surface area contributed by atoms with E-state index in [1.54, 1.807) is 19.9 Å². The van der Waals surface area contributed by atoms with Gasteiger partial charge in [0.1, 0.15) is 12.2 Å². The first-order valence-corrected chi connectivity index (χ1v) is 8.80. The molecule has 0 amide bonds. The van der Waals surface area contributed by atoms with Crippen LogP contribution in [0, 0.1) is 17.3 Å². The Balaban J connectivity index is 1.99. The van der Waals surface area contributed by atoms with Crippen molar-refractivity contribution in [3.05, 3.63) is 36.0 Å². The topological polar surface area (TPSA) is 72.8 Å². The molecule has 3 rings (SSSR count). The van der Waals surface area contributed by atoms with Crippen LogP contribution in [0.1, 0.15) is 40.0 Å². The molecular weight excluding hydrogens is 320 g/mol. The average molecular weight is 346 g/mol. The van der Waals surface area contributed by atoms with Crippen molar-refractivity contribution < 1.29 is 24.2 Å². The number of aliphatic hydroxyl groups is 1. The van der Waals surface area contributed by atoms with Crippen molar-refractivity contribution in [2.45, 2.75) is 58.3 Å². The van der Waals surface area contributed by atoms with Gasteiger partial charge in [0.2, 0.25) is 0 Å². The van der Waals surface area contributed by atoms with Crippen LogP contribution in [0.15, 0.2) is 36.0 Å². The summed E-state index contributed by atoms with van der Waals surface area (Å²) in [5, 5.41) is 10.7.